The number of fused-ring (bicyclic) bond motifs is 1. The second kappa shape index (κ2) is 11.1. The Kier molecular flexibility index (Phi) is 7.57. The Morgan fingerprint density at radius 3 is 2.31 bits per heavy atom. The summed E-state index contributed by atoms with van der Waals surface area (Å²) < 4.78 is 40.4. The predicted molar refractivity (Wildman–Crippen MR) is 150 cm³/mol. The van der Waals surface area contributed by atoms with Crippen molar-refractivity contribution in [2.75, 3.05) is 10.9 Å². The van der Waals surface area contributed by atoms with Gasteiger partial charge in [-0.25, -0.2) is 17.5 Å². The van der Waals surface area contributed by atoms with Crippen LogP contribution in [0.1, 0.15) is 54.9 Å². The first kappa shape index (κ1) is 26.7. The number of esters is 1. The first-order valence-electron chi connectivity index (χ1n) is 13.3. The molecule has 0 bridgehead atoms. The van der Waals surface area contributed by atoms with E-state index in [1.54, 1.807) is 37.3 Å². The quantitative estimate of drug-likeness (QED) is 0.235. The minimum Gasteiger partial charge on any atom is -0.462 e. The average Bonchev–Trinajstić information content (AvgIpc) is 3.33. The lowest BCUT2D eigenvalue weighted by atomic mass is 9.88. The molecule has 1 heterocycles. The van der Waals surface area contributed by atoms with Crippen molar-refractivity contribution in [1.29, 1.82) is 0 Å². The smallest absolute Gasteiger partial charge is 0.342 e. The van der Waals surface area contributed by atoms with Crippen molar-refractivity contribution >= 4 is 38.6 Å². The molecule has 1 fully saturated rings. The fourth-order valence-corrected chi connectivity index (χ4v) is 6.59. The molecule has 8 heteroatoms. The molecule has 1 aromatic heterocycles. The largest absolute Gasteiger partial charge is 0.462 e. The normalized spacial score (nSPS) is 14.3. The zero-order chi connectivity index (χ0) is 27.6. The fourth-order valence-electron chi connectivity index (χ4n) is 5.13. The van der Waals surface area contributed by atoms with Gasteiger partial charge in [-0.2, -0.15) is 0 Å². The second-order valence-electron chi connectivity index (χ2n) is 9.83. The van der Waals surface area contributed by atoms with Crippen LogP contribution < -0.4 is 4.31 Å². The van der Waals surface area contributed by atoms with Crippen molar-refractivity contribution in [3.8, 4) is 11.3 Å². The van der Waals surface area contributed by atoms with Gasteiger partial charge < -0.3 is 9.15 Å². The maximum absolute atomic E-state index is 14.0. The number of carbonyl (C=O) groups excluding carboxylic acids is 2. The summed E-state index contributed by atoms with van der Waals surface area (Å²) in [5.41, 5.74) is 2.33. The van der Waals surface area contributed by atoms with Crippen LogP contribution in [0.4, 0.5) is 5.69 Å². The maximum Gasteiger partial charge on any atom is 0.342 e. The van der Waals surface area contributed by atoms with Gasteiger partial charge in [-0.3, -0.25) is 4.79 Å². The Labute approximate surface area is 228 Å². The van der Waals surface area contributed by atoms with Crippen molar-refractivity contribution in [2.45, 2.75) is 50.8 Å². The standard InChI is InChI=1S/C31H31NO6S/c1-3-37-31(34)28-26-20-24(16-19-27(26)38-29(28)22-10-6-4-7-11-22)32(30(33)23-12-8-5-9-13-23)39(35,36)25-17-14-21(2)15-18-25/h4,6-7,10-11,14-20,23H,3,5,8-9,12-13H2,1-2H3. The van der Waals surface area contributed by atoms with Crippen LogP contribution in [-0.2, 0) is 19.6 Å². The topological polar surface area (TPSA) is 93.9 Å². The molecule has 0 atom stereocenters. The Bertz CT molecular complexity index is 1600. The number of carbonyl (C=O) groups is 2. The summed E-state index contributed by atoms with van der Waals surface area (Å²) in [5.74, 6) is -1.12. The van der Waals surface area contributed by atoms with Gasteiger partial charge in [-0.05, 0) is 57.0 Å². The summed E-state index contributed by atoms with van der Waals surface area (Å²) in [6, 6.07) is 20.3. The highest BCUT2D eigenvalue weighted by Gasteiger charge is 2.36. The molecule has 0 unspecified atom stereocenters. The number of amides is 1. The highest BCUT2D eigenvalue weighted by molar-refractivity contribution is 7.93. The average molecular weight is 546 g/mol. The first-order chi connectivity index (χ1) is 18.8. The predicted octanol–water partition coefficient (Wildman–Crippen LogP) is 6.89. The SMILES string of the molecule is CCOC(=O)c1c(-c2ccccc2)oc2ccc(N(C(=O)C3CCCCC3)S(=O)(=O)c3ccc(C)cc3)cc12. The zero-order valence-corrected chi connectivity index (χ0v) is 22.9. The van der Waals surface area contributed by atoms with E-state index in [2.05, 4.69) is 0 Å². The van der Waals surface area contributed by atoms with Crippen LogP contribution in [0.25, 0.3) is 22.3 Å². The number of nitrogens with zero attached hydrogens (tertiary/aromatic N) is 1. The zero-order valence-electron chi connectivity index (χ0n) is 22.1. The van der Waals surface area contributed by atoms with Crippen LogP contribution in [-0.4, -0.2) is 26.9 Å². The van der Waals surface area contributed by atoms with Gasteiger partial charge in [0.2, 0.25) is 5.91 Å². The lowest BCUT2D eigenvalue weighted by Gasteiger charge is -2.29. The Balaban J connectivity index is 1.70. The summed E-state index contributed by atoms with van der Waals surface area (Å²) in [6.45, 7) is 3.75. The molecule has 0 radical (unpaired) electrons. The van der Waals surface area contributed by atoms with Crippen molar-refractivity contribution in [1.82, 2.24) is 0 Å². The number of rotatable bonds is 7. The molecule has 1 aliphatic rings. The van der Waals surface area contributed by atoms with Gasteiger partial charge in [-0.1, -0.05) is 67.3 Å². The van der Waals surface area contributed by atoms with E-state index in [1.807, 2.05) is 37.3 Å². The molecule has 0 saturated heterocycles. The second-order valence-corrected chi connectivity index (χ2v) is 11.6. The molecule has 0 aliphatic heterocycles. The molecule has 202 valence electrons. The Morgan fingerprint density at radius 1 is 0.949 bits per heavy atom. The lowest BCUT2D eigenvalue weighted by molar-refractivity contribution is -0.122. The van der Waals surface area contributed by atoms with E-state index < -0.39 is 27.8 Å². The number of benzene rings is 3. The third-order valence-electron chi connectivity index (χ3n) is 7.14. The van der Waals surface area contributed by atoms with E-state index in [0.29, 0.717) is 35.1 Å². The van der Waals surface area contributed by atoms with Crippen molar-refractivity contribution in [2.24, 2.45) is 5.92 Å². The fraction of sp³-hybridized carbons (Fsp3) is 0.290. The molecule has 7 nitrogen and oxygen atoms in total. The van der Waals surface area contributed by atoms with Gasteiger partial charge in [-0.15, -0.1) is 0 Å². The number of anilines is 1. The number of sulfonamides is 1. The van der Waals surface area contributed by atoms with E-state index in [9.17, 15) is 18.0 Å². The van der Waals surface area contributed by atoms with E-state index in [4.69, 9.17) is 9.15 Å². The van der Waals surface area contributed by atoms with Gasteiger partial charge in [0.05, 0.1) is 17.2 Å². The summed E-state index contributed by atoms with van der Waals surface area (Å²) >= 11 is 0. The molecule has 1 aliphatic carbocycles. The third-order valence-corrected chi connectivity index (χ3v) is 8.87. The van der Waals surface area contributed by atoms with Crippen molar-refractivity contribution < 1.29 is 27.2 Å². The molecule has 3 aromatic carbocycles. The van der Waals surface area contributed by atoms with E-state index >= 15 is 0 Å². The van der Waals surface area contributed by atoms with Gasteiger partial charge in [0.1, 0.15) is 16.9 Å². The van der Waals surface area contributed by atoms with Crippen LogP contribution in [0.2, 0.25) is 0 Å². The van der Waals surface area contributed by atoms with Crippen LogP contribution in [0.15, 0.2) is 82.1 Å². The molecule has 0 N–H and O–H groups in total. The van der Waals surface area contributed by atoms with E-state index in [1.165, 1.54) is 12.1 Å². The summed E-state index contributed by atoms with van der Waals surface area (Å²) in [5, 5.41) is 0.380. The number of hydrogen-bond acceptors (Lipinski definition) is 6. The summed E-state index contributed by atoms with van der Waals surface area (Å²) in [6.07, 6.45) is 4.06. The van der Waals surface area contributed by atoms with Crippen molar-refractivity contribution in [3.63, 3.8) is 0 Å². The summed E-state index contributed by atoms with van der Waals surface area (Å²) in [4.78, 5) is 27.1. The monoisotopic (exact) mass is 545 g/mol. The molecule has 4 aromatic rings. The van der Waals surface area contributed by atoms with Crippen LogP contribution in [0.5, 0.6) is 0 Å². The highest BCUT2D eigenvalue weighted by atomic mass is 32.2. The maximum atomic E-state index is 14.0. The number of hydrogen-bond donors (Lipinski definition) is 0. The van der Waals surface area contributed by atoms with Crippen LogP contribution in [0, 0.1) is 12.8 Å². The molecule has 1 saturated carbocycles. The highest BCUT2D eigenvalue weighted by Crippen LogP contribution is 2.38. The van der Waals surface area contributed by atoms with Gasteiger partial charge in [0.25, 0.3) is 10.0 Å². The van der Waals surface area contributed by atoms with Gasteiger partial charge >= 0.3 is 5.97 Å². The number of ether oxygens (including phenoxy) is 1. The molecule has 5 rings (SSSR count). The molecule has 0 spiro atoms. The number of aryl methyl sites for hydroxylation is 1. The first-order valence-corrected chi connectivity index (χ1v) is 14.7. The van der Waals surface area contributed by atoms with E-state index in [-0.39, 0.29) is 22.8 Å². The molecular weight excluding hydrogens is 514 g/mol. The van der Waals surface area contributed by atoms with Crippen LogP contribution >= 0.6 is 0 Å². The molecule has 39 heavy (non-hydrogen) atoms. The molecular formula is C31H31NO6S. The van der Waals surface area contributed by atoms with Crippen LogP contribution in [0.3, 0.4) is 0 Å². The Hall–Kier alpha value is -3.91. The minimum atomic E-state index is -4.24. The van der Waals surface area contributed by atoms with Gasteiger partial charge in [0, 0.05) is 16.9 Å². The minimum absolute atomic E-state index is 0.0279. The molecule has 1 amide bonds. The van der Waals surface area contributed by atoms with Crippen molar-refractivity contribution in [3.05, 3.63) is 83.9 Å². The summed E-state index contributed by atoms with van der Waals surface area (Å²) in [7, 11) is -4.24. The lowest BCUT2D eigenvalue weighted by Crippen LogP contribution is -2.41. The van der Waals surface area contributed by atoms with E-state index in [0.717, 1.165) is 29.1 Å². The Morgan fingerprint density at radius 2 is 1.64 bits per heavy atom. The third kappa shape index (κ3) is 5.21. The number of furan rings is 1. The van der Waals surface area contributed by atoms with Gasteiger partial charge in [0.15, 0.2) is 0 Å².